The molecular formula is C13H9ClN2O3S2. The maximum absolute atomic E-state index is 12.3. The normalized spacial score (nSPS) is 11.5. The number of rotatable bonds is 4. The molecule has 0 aliphatic carbocycles. The van der Waals surface area contributed by atoms with Crippen molar-refractivity contribution in [3.63, 3.8) is 0 Å². The van der Waals surface area contributed by atoms with Gasteiger partial charge in [-0.1, -0.05) is 16.8 Å². The maximum atomic E-state index is 12.3. The van der Waals surface area contributed by atoms with Crippen LogP contribution in [0, 0.1) is 0 Å². The van der Waals surface area contributed by atoms with Crippen LogP contribution in [0.15, 0.2) is 57.4 Å². The SMILES string of the molecule is O=S(=O)(Nc1ccc(Cl)cc1)c1ccc(-c2ccno2)s1. The van der Waals surface area contributed by atoms with Gasteiger partial charge in [-0.25, -0.2) is 8.42 Å². The van der Waals surface area contributed by atoms with Gasteiger partial charge in [0.15, 0.2) is 5.76 Å². The molecule has 0 amide bonds. The summed E-state index contributed by atoms with van der Waals surface area (Å²) in [6.45, 7) is 0. The lowest BCUT2D eigenvalue weighted by atomic mass is 10.3. The highest BCUT2D eigenvalue weighted by molar-refractivity contribution is 7.94. The second-order valence-electron chi connectivity index (χ2n) is 4.11. The van der Waals surface area contributed by atoms with Crippen LogP contribution >= 0.6 is 22.9 Å². The lowest BCUT2D eigenvalue weighted by molar-refractivity contribution is 0.433. The Labute approximate surface area is 130 Å². The van der Waals surface area contributed by atoms with Crippen LogP contribution in [0.3, 0.4) is 0 Å². The molecule has 0 saturated carbocycles. The standard InChI is InChI=1S/C13H9ClN2O3S2/c14-9-1-3-10(4-2-9)16-21(17,18)13-6-5-12(20-13)11-7-8-15-19-11/h1-8,16H. The number of anilines is 1. The summed E-state index contributed by atoms with van der Waals surface area (Å²) in [4.78, 5) is 0.698. The van der Waals surface area contributed by atoms with Crippen LogP contribution in [0.4, 0.5) is 5.69 Å². The van der Waals surface area contributed by atoms with Crippen LogP contribution in [0.2, 0.25) is 5.02 Å². The Morgan fingerprint density at radius 1 is 1.10 bits per heavy atom. The van der Waals surface area contributed by atoms with Crippen molar-refractivity contribution < 1.29 is 12.9 Å². The van der Waals surface area contributed by atoms with Crippen LogP contribution in [-0.4, -0.2) is 13.6 Å². The van der Waals surface area contributed by atoms with E-state index in [1.165, 1.54) is 12.3 Å². The number of thiophene rings is 1. The summed E-state index contributed by atoms with van der Waals surface area (Å²) in [7, 11) is -3.63. The topological polar surface area (TPSA) is 72.2 Å². The molecule has 0 aliphatic heterocycles. The van der Waals surface area contributed by atoms with E-state index in [-0.39, 0.29) is 4.21 Å². The van der Waals surface area contributed by atoms with Crippen LogP contribution in [-0.2, 0) is 10.0 Å². The second kappa shape index (κ2) is 5.51. The first-order valence-corrected chi connectivity index (χ1v) is 8.52. The molecule has 0 fully saturated rings. The summed E-state index contributed by atoms with van der Waals surface area (Å²) >= 11 is 6.88. The van der Waals surface area contributed by atoms with E-state index in [9.17, 15) is 8.42 Å². The molecule has 0 spiro atoms. The number of halogens is 1. The van der Waals surface area contributed by atoms with E-state index in [1.54, 1.807) is 36.4 Å². The zero-order valence-electron chi connectivity index (χ0n) is 10.5. The van der Waals surface area contributed by atoms with E-state index in [0.29, 0.717) is 21.3 Å². The molecule has 21 heavy (non-hydrogen) atoms. The highest BCUT2D eigenvalue weighted by atomic mass is 35.5. The number of aromatic nitrogens is 1. The number of nitrogens with one attached hydrogen (secondary N) is 1. The molecule has 108 valence electrons. The molecule has 2 heterocycles. The summed E-state index contributed by atoms with van der Waals surface area (Å²) in [6, 6.07) is 11.3. The molecule has 5 nitrogen and oxygen atoms in total. The first kappa shape index (κ1) is 14.1. The van der Waals surface area contributed by atoms with Gasteiger partial charge in [0, 0.05) is 16.8 Å². The van der Waals surface area contributed by atoms with Gasteiger partial charge in [0.05, 0.1) is 11.1 Å². The third kappa shape index (κ3) is 3.10. The first-order valence-electron chi connectivity index (χ1n) is 5.84. The van der Waals surface area contributed by atoms with Gasteiger partial charge < -0.3 is 4.52 Å². The third-order valence-corrected chi connectivity index (χ3v) is 5.85. The lowest BCUT2D eigenvalue weighted by Gasteiger charge is -2.05. The Morgan fingerprint density at radius 2 is 1.86 bits per heavy atom. The van der Waals surface area contributed by atoms with E-state index < -0.39 is 10.0 Å². The summed E-state index contributed by atoms with van der Waals surface area (Å²) in [6.07, 6.45) is 1.51. The molecule has 0 unspecified atom stereocenters. The fourth-order valence-electron chi connectivity index (χ4n) is 1.66. The molecule has 0 bridgehead atoms. The molecule has 8 heteroatoms. The summed E-state index contributed by atoms with van der Waals surface area (Å²) in [5.74, 6) is 0.535. The van der Waals surface area contributed by atoms with Crippen molar-refractivity contribution in [1.29, 1.82) is 0 Å². The minimum absolute atomic E-state index is 0.198. The number of hydrogen-bond acceptors (Lipinski definition) is 5. The minimum Gasteiger partial charge on any atom is -0.355 e. The van der Waals surface area contributed by atoms with Gasteiger partial charge in [-0.05, 0) is 36.4 Å². The number of sulfonamides is 1. The third-order valence-electron chi connectivity index (χ3n) is 2.62. The van der Waals surface area contributed by atoms with E-state index in [2.05, 4.69) is 9.88 Å². The largest absolute Gasteiger partial charge is 0.355 e. The fourth-order valence-corrected chi connectivity index (χ4v) is 4.11. The highest BCUT2D eigenvalue weighted by Crippen LogP contribution is 2.31. The van der Waals surface area contributed by atoms with Crippen LogP contribution in [0.1, 0.15) is 0 Å². The van der Waals surface area contributed by atoms with Gasteiger partial charge in [-0.3, -0.25) is 4.72 Å². The molecular weight excluding hydrogens is 332 g/mol. The first-order chi connectivity index (χ1) is 10.0. The molecule has 2 aromatic heterocycles. The predicted molar refractivity (Wildman–Crippen MR) is 82.1 cm³/mol. The average Bonchev–Trinajstić information content (AvgIpc) is 3.11. The van der Waals surface area contributed by atoms with Gasteiger partial charge in [0.25, 0.3) is 10.0 Å². The zero-order chi connectivity index (χ0) is 14.9. The van der Waals surface area contributed by atoms with Crippen LogP contribution < -0.4 is 4.72 Å². The lowest BCUT2D eigenvalue weighted by Crippen LogP contribution is -2.11. The Balaban J connectivity index is 1.87. The van der Waals surface area contributed by atoms with Crippen molar-refractivity contribution in [2.24, 2.45) is 0 Å². The molecule has 0 atom stereocenters. The molecule has 3 aromatic rings. The highest BCUT2D eigenvalue weighted by Gasteiger charge is 2.18. The Kier molecular flexibility index (Phi) is 3.71. The summed E-state index contributed by atoms with van der Waals surface area (Å²) in [5.41, 5.74) is 0.453. The van der Waals surface area contributed by atoms with Crippen molar-refractivity contribution in [3.05, 3.63) is 53.7 Å². The fraction of sp³-hybridized carbons (Fsp3) is 0. The van der Waals surface area contributed by atoms with E-state index in [1.807, 2.05) is 0 Å². The van der Waals surface area contributed by atoms with E-state index in [0.717, 1.165) is 11.3 Å². The van der Waals surface area contributed by atoms with E-state index in [4.69, 9.17) is 16.1 Å². The predicted octanol–water partition coefficient (Wildman–Crippen LogP) is 3.86. The van der Waals surface area contributed by atoms with Gasteiger partial charge in [0.1, 0.15) is 4.21 Å². The smallest absolute Gasteiger partial charge is 0.271 e. The summed E-state index contributed by atoms with van der Waals surface area (Å²) < 4.78 is 32.3. The molecule has 0 aliphatic rings. The van der Waals surface area contributed by atoms with Crippen molar-refractivity contribution >= 4 is 38.6 Å². The zero-order valence-corrected chi connectivity index (χ0v) is 12.9. The minimum atomic E-state index is -3.63. The van der Waals surface area contributed by atoms with Gasteiger partial charge >= 0.3 is 0 Å². The van der Waals surface area contributed by atoms with Crippen molar-refractivity contribution in [2.45, 2.75) is 4.21 Å². The quantitative estimate of drug-likeness (QED) is 0.782. The van der Waals surface area contributed by atoms with Gasteiger partial charge in [-0.15, -0.1) is 11.3 Å². The Bertz CT molecular complexity index is 840. The van der Waals surface area contributed by atoms with Crippen molar-refractivity contribution in [1.82, 2.24) is 5.16 Å². The number of benzene rings is 1. The van der Waals surface area contributed by atoms with Gasteiger partial charge in [-0.2, -0.15) is 0 Å². The second-order valence-corrected chi connectivity index (χ2v) is 7.54. The average molecular weight is 341 g/mol. The Morgan fingerprint density at radius 3 is 2.52 bits per heavy atom. The summed E-state index contributed by atoms with van der Waals surface area (Å²) in [5, 5.41) is 4.14. The molecule has 0 radical (unpaired) electrons. The number of hydrogen-bond donors (Lipinski definition) is 1. The van der Waals surface area contributed by atoms with E-state index >= 15 is 0 Å². The molecule has 0 saturated heterocycles. The van der Waals surface area contributed by atoms with Gasteiger partial charge in [0.2, 0.25) is 0 Å². The van der Waals surface area contributed by atoms with Crippen LogP contribution in [0.5, 0.6) is 0 Å². The maximum Gasteiger partial charge on any atom is 0.271 e. The van der Waals surface area contributed by atoms with Crippen molar-refractivity contribution in [3.8, 4) is 10.6 Å². The molecule has 1 aromatic carbocycles. The molecule has 3 rings (SSSR count). The molecule has 1 N–H and O–H groups in total. The van der Waals surface area contributed by atoms with Crippen molar-refractivity contribution in [2.75, 3.05) is 4.72 Å². The van der Waals surface area contributed by atoms with Crippen LogP contribution in [0.25, 0.3) is 10.6 Å². The number of nitrogens with zero attached hydrogens (tertiary/aromatic N) is 1. The Hall–Kier alpha value is -1.83. The monoisotopic (exact) mass is 340 g/mol.